The Morgan fingerprint density at radius 3 is 2.72 bits per heavy atom. The average Bonchev–Trinajstić information content (AvgIpc) is 3.16. The number of carbonyl (C=O) groups excluding carboxylic acids is 2. The van der Waals surface area contributed by atoms with Crippen LogP contribution in [-0.4, -0.2) is 51.9 Å². The van der Waals surface area contributed by atoms with Crippen LogP contribution >= 0.6 is 0 Å². The van der Waals surface area contributed by atoms with Gasteiger partial charge in [0, 0.05) is 38.2 Å². The predicted molar refractivity (Wildman–Crippen MR) is 107 cm³/mol. The van der Waals surface area contributed by atoms with Crippen LogP contribution in [-0.2, 0) is 9.59 Å². The van der Waals surface area contributed by atoms with E-state index in [1.54, 1.807) is 27.9 Å². The third-order valence-corrected chi connectivity index (χ3v) is 5.51. The molecule has 3 heterocycles. The molecule has 2 aromatic rings. The minimum absolute atomic E-state index is 0.0136. The summed E-state index contributed by atoms with van der Waals surface area (Å²) >= 11 is 0. The first-order valence-electron chi connectivity index (χ1n) is 9.60. The first-order chi connectivity index (χ1) is 13.8. The van der Waals surface area contributed by atoms with E-state index in [1.807, 2.05) is 19.2 Å². The van der Waals surface area contributed by atoms with E-state index in [0.29, 0.717) is 24.3 Å². The Kier molecular flexibility index (Phi) is 4.73. The van der Waals surface area contributed by atoms with E-state index in [4.69, 9.17) is 0 Å². The summed E-state index contributed by atoms with van der Waals surface area (Å²) in [5, 5.41) is 16.9. The van der Waals surface area contributed by atoms with Crippen LogP contribution in [0.2, 0.25) is 0 Å². The average molecular weight is 397 g/mol. The molecule has 0 unspecified atom stereocenters. The number of aromatic nitrogens is 2. The highest BCUT2D eigenvalue weighted by atomic mass is 16.4. The van der Waals surface area contributed by atoms with Crippen molar-refractivity contribution in [2.75, 3.05) is 22.9 Å². The van der Waals surface area contributed by atoms with Crippen LogP contribution < -0.4 is 15.1 Å². The van der Waals surface area contributed by atoms with Gasteiger partial charge in [-0.25, -0.2) is 4.79 Å². The number of piperidine rings is 1. The zero-order chi connectivity index (χ0) is 20.7. The van der Waals surface area contributed by atoms with Crippen molar-refractivity contribution in [1.82, 2.24) is 15.1 Å². The lowest BCUT2D eigenvalue weighted by molar-refractivity contribution is -0.123. The SMILES string of the molecule is CC(=O)N1c2ccc(-c3cnn([C@@H]4CCNC(=O)C4)c3)cc2N(C(=O)O)C[C@@H]1C. The number of amides is 3. The van der Waals surface area contributed by atoms with E-state index in [1.165, 1.54) is 11.8 Å². The Morgan fingerprint density at radius 1 is 1.24 bits per heavy atom. The molecule has 1 aromatic carbocycles. The lowest BCUT2D eigenvalue weighted by Crippen LogP contribution is -2.51. The second-order valence-electron chi connectivity index (χ2n) is 7.54. The van der Waals surface area contributed by atoms with Gasteiger partial charge in [0.05, 0.1) is 29.7 Å². The van der Waals surface area contributed by atoms with Gasteiger partial charge in [0.2, 0.25) is 11.8 Å². The van der Waals surface area contributed by atoms with Gasteiger partial charge in [0.25, 0.3) is 0 Å². The summed E-state index contributed by atoms with van der Waals surface area (Å²) in [4.78, 5) is 38.5. The molecule has 2 aliphatic rings. The van der Waals surface area contributed by atoms with Gasteiger partial charge < -0.3 is 15.3 Å². The Hall–Kier alpha value is -3.36. The smallest absolute Gasteiger partial charge is 0.411 e. The third-order valence-electron chi connectivity index (χ3n) is 5.51. The molecular formula is C20H23N5O4. The van der Waals surface area contributed by atoms with E-state index in [9.17, 15) is 19.5 Å². The van der Waals surface area contributed by atoms with Crippen molar-refractivity contribution >= 4 is 29.3 Å². The van der Waals surface area contributed by atoms with E-state index in [0.717, 1.165) is 17.5 Å². The number of nitrogens with one attached hydrogen (secondary N) is 1. The Labute approximate surface area is 167 Å². The summed E-state index contributed by atoms with van der Waals surface area (Å²) in [6, 6.07) is 5.19. The first-order valence-corrected chi connectivity index (χ1v) is 9.60. The molecule has 0 spiro atoms. The van der Waals surface area contributed by atoms with E-state index in [2.05, 4.69) is 10.4 Å². The van der Waals surface area contributed by atoms with E-state index < -0.39 is 6.09 Å². The van der Waals surface area contributed by atoms with Crippen molar-refractivity contribution < 1.29 is 19.5 Å². The second kappa shape index (κ2) is 7.23. The molecule has 2 atom stereocenters. The van der Waals surface area contributed by atoms with E-state index in [-0.39, 0.29) is 30.4 Å². The molecule has 0 bridgehead atoms. The first kappa shape index (κ1) is 19.0. The van der Waals surface area contributed by atoms with Crippen molar-refractivity contribution in [1.29, 1.82) is 0 Å². The lowest BCUT2D eigenvalue weighted by atomic mass is 10.0. The van der Waals surface area contributed by atoms with Crippen LogP contribution in [0.5, 0.6) is 0 Å². The molecule has 29 heavy (non-hydrogen) atoms. The molecule has 3 amide bonds. The fraction of sp³-hybridized carbons (Fsp3) is 0.400. The highest BCUT2D eigenvalue weighted by Crippen LogP contribution is 2.39. The quantitative estimate of drug-likeness (QED) is 0.808. The van der Waals surface area contributed by atoms with Crippen LogP contribution in [0.25, 0.3) is 11.1 Å². The Balaban J connectivity index is 1.70. The van der Waals surface area contributed by atoms with E-state index >= 15 is 0 Å². The van der Waals surface area contributed by atoms with Crippen LogP contribution in [0.4, 0.5) is 16.2 Å². The molecule has 0 saturated carbocycles. The van der Waals surface area contributed by atoms with Gasteiger partial charge in [-0.15, -0.1) is 0 Å². The zero-order valence-corrected chi connectivity index (χ0v) is 16.3. The maximum Gasteiger partial charge on any atom is 0.411 e. The highest BCUT2D eigenvalue weighted by Gasteiger charge is 2.33. The van der Waals surface area contributed by atoms with Crippen molar-refractivity contribution in [3.8, 4) is 11.1 Å². The predicted octanol–water partition coefficient (Wildman–Crippen LogP) is 2.24. The Morgan fingerprint density at radius 2 is 2.03 bits per heavy atom. The Bertz CT molecular complexity index is 985. The second-order valence-corrected chi connectivity index (χ2v) is 7.54. The molecule has 1 aromatic heterocycles. The van der Waals surface area contributed by atoms with Crippen LogP contribution in [0.15, 0.2) is 30.6 Å². The monoisotopic (exact) mass is 397 g/mol. The third kappa shape index (κ3) is 3.43. The number of anilines is 2. The lowest BCUT2D eigenvalue weighted by Gasteiger charge is -2.39. The van der Waals surface area contributed by atoms with Crippen LogP contribution in [0.1, 0.15) is 32.7 Å². The molecule has 1 fully saturated rings. The molecule has 0 radical (unpaired) electrons. The number of carbonyl (C=O) groups is 3. The molecule has 2 N–H and O–H groups in total. The van der Waals surface area contributed by atoms with Crippen molar-refractivity contribution in [2.45, 2.75) is 38.8 Å². The fourth-order valence-electron chi connectivity index (χ4n) is 4.14. The van der Waals surface area contributed by atoms with Gasteiger partial charge in [-0.2, -0.15) is 5.10 Å². The van der Waals surface area contributed by atoms with Crippen LogP contribution in [0, 0.1) is 0 Å². The molecule has 4 rings (SSSR count). The summed E-state index contributed by atoms with van der Waals surface area (Å²) in [5.74, 6) is -0.109. The number of benzene rings is 1. The van der Waals surface area contributed by atoms with Gasteiger partial charge in [0.15, 0.2) is 0 Å². The molecule has 2 aliphatic heterocycles. The van der Waals surface area contributed by atoms with Gasteiger partial charge in [0.1, 0.15) is 0 Å². The van der Waals surface area contributed by atoms with Crippen molar-refractivity contribution in [3.05, 3.63) is 30.6 Å². The largest absolute Gasteiger partial charge is 0.465 e. The maximum atomic E-state index is 12.1. The normalized spacial score (nSPS) is 21.5. The number of carboxylic acid groups (broad SMARTS) is 1. The molecule has 0 aliphatic carbocycles. The highest BCUT2D eigenvalue weighted by molar-refractivity contribution is 6.02. The van der Waals surface area contributed by atoms with Gasteiger partial charge in [-0.05, 0) is 31.0 Å². The number of rotatable bonds is 2. The number of nitrogens with zero attached hydrogens (tertiary/aromatic N) is 4. The minimum atomic E-state index is -1.05. The summed E-state index contributed by atoms with van der Waals surface area (Å²) in [6.07, 6.45) is 3.75. The molecular weight excluding hydrogens is 374 g/mol. The summed E-state index contributed by atoms with van der Waals surface area (Å²) in [5.41, 5.74) is 2.70. The fourth-order valence-corrected chi connectivity index (χ4v) is 4.14. The summed E-state index contributed by atoms with van der Waals surface area (Å²) < 4.78 is 1.80. The van der Waals surface area contributed by atoms with Crippen molar-refractivity contribution in [2.24, 2.45) is 0 Å². The molecule has 9 heteroatoms. The zero-order valence-electron chi connectivity index (χ0n) is 16.3. The summed E-state index contributed by atoms with van der Waals surface area (Å²) in [7, 11) is 0. The number of hydrogen-bond acceptors (Lipinski definition) is 4. The van der Waals surface area contributed by atoms with Gasteiger partial charge in [-0.3, -0.25) is 19.2 Å². The molecule has 1 saturated heterocycles. The standard InChI is InChI=1S/C20H23N5O4/c1-12-10-23(20(28)29)18-7-14(3-4-17(18)25(12)13(2)26)15-9-22-24(11-15)16-5-6-21-19(27)8-16/h3-4,7,9,11-12,16H,5-6,8,10H2,1-2H3,(H,21,27)(H,28,29)/t12-,16+/m0/s1. The van der Waals surface area contributed by atoms with Gasteiger partial charge >= 0.3 is 6.09 Å². The van der Waals surface area contributed by atoms with Crippen LogP contribution in [0.3, 0.4) is 0 Å². The molecule has 152 valence electrons. The minimum Gasteiger partial charge on any atom is -0.465 e. The number of hydrogen-bond donors (Lipinski definition) is 2. The topological polar surface area (TPSA) is 108 Å². The maximum absolute atomic E-state index is 12.1. The summed E-state index contributed by atoms with van der Waals surface area (Å²) in [6.45, 7) is 4.15. The van der Waals surface area contributed by atoms with Gasteiger partial charge in [-0.1, -0.05) is 6.07 Å². The number of fused-ring (bicyclic) bond motifs is 1. The molecule has 9 nitrogen and oxygen atoms in total. The van der Waals surface area contributed by atoms with Crippen molar-refractivity contribution in [3.63, 3.8) is 0 Å².